The lowest BCUT2D eigenvalue weighted by molar-refractivity contribution is 0.0848. The molecule has 0 aliphatic heterocycles. The van der Waals surface area contributed by atoms with Gasteiger partial charge in [0.15, 0.2) is 0 Å². The van der Waals surface area contributed by atoms with Gasteiger partial charge in [-0.05, 0) is 55.8 Å². The van der Waals surface area contributed by atoms with E-state index in [-0.39, 0.29) is 0 Å². The fraction of sp³-hybridized carbons (Fsp3) is 1.00. The lowest BCUT2D eigenvalue weighted by Gasteiger charge is -2.44. The smallest absolute Gasteiger partial charge is 0.0267 e. The lowest BCUT2D eigenvalue weighted by atomic mass is 9.64. The van der Waals surface area contributed by atoms with Crippen molar-refractivity contribution in [2.45, 2.75) is 83.1 Å². The molecule has 4 atom stereocenters. The van der Waals surface area contributed by atoms with Crippen LogP contribution in [0.15, 0.2) is 0 Å². The summed E-state index contributed by atoms with van der Waals surface area (Å²) in [4.78, 5) is 0. The highest BCUT2D eigenvalue weighted by Crippen LogP contribution is 2.45. The number of fused-ring (bicyclic) bond motifs is 1. The number of nitrogens with two attached hydrogens (primary N) is 1. The van der Waals surface area contributed by atoms with Gasteiger partial charge in [0, 0.05) is 6.04 Å². The van der Waals surface area contributed by atoms with E-state index in [0.717, 1.165) is 23.7 Å². The Morgan fingerprint density at radius 1 is 0.684 bits per heavy atom. The van der Waals surface area contributed by atoms with Crippen molar-refractivity contribution in [1.29, 1.82) is 0 Å². The highest BCUT2D eigenvalue weighted by Gasteiger charge is 2.37. The molecule has 3 N–H and O–H groups in total. The van der Waals surface area contributed by atoms with Crippen LogP contribution in [0.25, 0.3) is 0 Å². The first-order valence-corrected chi connectivity index (χ1v) is 8.84. The molecule has 0 bridgehead atoms. The zero-order valence-corrected chi connectivity index (χ0v) is 12.4. The molecule has 0 aromatic heterocycles. The number of hydrogen-bond acceptors (Lipinski definition) is 2. The van der Waals surface area contributed by atoms with Crippen molar-refractivity contribution in [3.8, 4) is 0 Å². The molecule has 0 saturated heterocycles. The molecule has 19 heavy (non-hydrogen) atoms. The Morgan fingerprint density at radius 2 is 1.37 bits per heavy atom. The van der Waals surface area contributed by atoms with Crippen molar-refractivity contribution < 1.29 is 0 Å². The van der Waals surface area contributed by atoms with E-state index in [1.807, 2.05) is 0 Å². The molecule has 2 heteroatoms. The normalized spacial score (nSPS) is 38.7. The van der Waals surface area contributed by atoms with E-state index in [9.17, 15) is 0 Å². The molecule has 0 spiro atoms. The molecule has 3 aliphatic carbocycles. The Labute approximate surface area is 118 Å². The van der Waals surface area contributed by atoms with Crippen LogP contribution in [-0.4, -0.2) is 6.04 Å². The second kappa shape index (κ2) is 6.58. The lowest BCUT2D eigenvalue weighted by Crippen LogP contribution is -2.49. The molecular weight excluding hydrogens is 232 g/mol. The summed E-state index contributed by atoms with van der Waals surface area (Å²) in [5.74, 6) is 9.78. The second-order valence-electron chi connectivity index (χ2n) is 7.47. The zero-order chi connectivity index (χ0) is 13.1. The molecule has 110 valence electrons. The third-order valence-corrected chi connectivity index (χ3v) is 6.44. The third kappa shape index (κ3) is 3.16. The molecule has 3 saturated carbocycles. The quantitative estimate of drug-likeness (QED) is 0.597. The summed E-state index contributed by atoms with van der Waals surface area (Å²) in [6, 6.07) is 0.614. The summed E-state index contributed by atoms with van der Waals surface area (Å²) in [5.41, 5.74) is 3.24. The first-order chi connectivity index (χ1) is 9.38. The summed E-state index contributed by atoms with van der Waals surface area (Å²) in [6.45, 7) is 0. The van der Waals surface area contributed by atoms with Gasteiger partial charge < -0.3 is 0 Å². The first-order valence-electron chi connectivity index (χ1n) is 8.84. The third-order valence-electron chi connectivity index (χ3n) is 6.44. The highest BCUT2D eigenvalue weighted by atomic mass is 15.2. The topological polar surface area (TPSA) is 38.0 Å². The zero-order valence-electron chi connectivity index (χ0n) is 12.4. The average molecular weight is 264 g/mol. The predicted molar refractivity (Wildman–Crippen MR) is 80.5 cm³/mol. The summed E-state index contributed by atoms with van der Waals surface area (Å²) >= 11 is 0. The summed E-state index contributed by atoms with van der Waals surface area (Å²) in [5, 5.41) is 0. The Morgan fingerprint density at radius 3 is 2.11 bits per heavy atom. The maximum absolute atomic E-state index is 5.95. The van der Waals surface area contributed by atoms with Crippen LogP contribution in [-0.2, 0) is 0 Å². The molecule has 4 unspecified atom stereocenters. The fourth-order valence-electron chi connectivity index (χ4n) is 5.39. The van der Waals surface area contributed by atoms with E-state index in [2.05, 4.69) is 5.43 Å². The minimum absolute atomic E-state index is 0.614. The van der Waals surface area contributed by atoms with Crippen molar-refractivity contribution in [3.63, 3.8) is 0 Å². The van der Waals surface area contributed by atoms with Crippen molar-refractivity contribution in [2.75, 3.05) is 0 Å². The Balaban J connectivity index is 1.60. The van der Waals surface area contributed by atoms with Gasteiger partial charge in [-0.2, -0.15) is 0 Å². The van der Waals surface area contributed by atoms with Crippen molar-refractivity contribution in [3.05, 3.63) is 0 Å². The van der Waals surface area contributed by atoms with Gasteiger partial charge in [-0.15, -0.1) is 0 Å². The summed E-state index contributed by atoms with van der Waals surface area (Å²) < 4.78 is 0. The van der Waals surface area contributed by atoms with Crippen molar-refractivity contribution in [2.24, 2.45) is 29.5 Å². The van der Waals surface area contributed by atoms with Crippen molar-refractivity contribution >= 4 is 0 Å². The SMILES string of the molecule is NNC(C1CCCCC1)C1CCC2CCCCC2C1. The van der Waals surface area contributed by atoms with Crippen LogP contribution < -0.4 is 11.3 Å². The Kier molecular flexibility index (Phi) is 4.81. The van der Waals surface area contributed by atoms with E-state index >= 15 is 0 Å². The van der Waals surface area contributed by atoms with Crippen LogP contribution in [0.3, 0.4) is 0 Å². The van der Waals surface area contributed by atoms with Gasteiger partial charge in [0.1, 0.15) is 0 Å². The predicted octanol–water partition coefficient (Wildman–Crippen LogP) is 4.01. The maximum atomic E-state index is 5.95. The van der Waals surface area contributed by atoms with Gasteiger partial charge in [-0.3, -0.25) is 11.3 Å². The average Bonchev–Trinajstić information content (AvgIpc) is 2.49. The Bertz CT molecular complexity index is 272. The molecule has 0 aromatic carbocycles. The van der Waals surface area contributed by atoms with Crippen LogP contribution in [0.4, 0.5) is 0 Å². The first kappa shape index (κ1) is 13.9. The second-order valence-corrected chi connectivity index (χ2v) is 7.47. The standard InChI is InChI=1S/C17H32N2/c18-19-17(14-7-2-1-3-8-14)16-11-10-13-6-4-5-9-15(13)12-16/h13-17,19H,1-12,18H2. The molecule has 0 radical (unpaired) electrons. The minimum Gasteiger partial charge on any atom is -0.271 e. The van der Waals surface area contributed by atoms with Gasteiger partial charge in [-0.1, -0.05) is 44.9 Å². The van der Waals surface area contributed by atoms with E-state index in [4.69, 9.17) is 5.84 Å². The van der Waals surface area contributed by atoms with Gasteiger partial charge in [-0.25, -0.2) is 0 Å². The molecule has 3 aliphatic rings. The highest BCUT2D eigenvalue weighted by molar-refractivity contribution is 4.90. The van der Waals surface area contributed by atoms with Gasteiger partial charge >= 0.3 is 0 Å². The van der Waals surface area contributed by atoms with Crippen LogP contribution in [0.5, 0.6) is 0 Å². The molecule has 3 rings (SSSR count). The van der Waals surface area contributed by atoms with Crippen LogP contribution in [0.2, 0.25) is 0 Å². The fourth-order valence-corrected chi connectivity index (χ4v) is 5.39. The van der Waals surface area contributed by atoms with Gasteiger partial charge in [0.25, 0.3) is 0 Å². The number of hydrogen-bond donors (Lipinski definition) is 2. The van der Waals surface area contributed by atoms with E-state index in [1.165, 1.54) is 77.0 Å². The van der Waals surface area contributed by atoms with Gasteiger partial charge in [0.05, 0.1) is 0 Å². The summed E-state index contributed by atoms with van der Waals surface area (Å²) in [7, 11) is 0. The maximum Gasteiger partial charge on any atom is 0.0267 e. The minimum atomic E-state index is 0.614. The number of rotatable bonds is 3. The molecule has 3 fully saturated rings. The van der Waals surface area contributed by atoms with E-state index in [1.54, 1.807) is 0 Å². The van der Waals surface area contributed by atoms with E-state index < -0.39 is 0 Å². The Hall–Kier alpha value is -0.0800. The monoisotopic (exact) mass is 264 g/mol. The van der Waals surface area contributed by atoms with Crippen LogP contribution in [0, 0.1) is 23.7 Å². The van der Waals surface area contributed by atoms with Crippen molar-refractivity contribution in [1.82, 2.24) is 5.43 Å². The van der Waals surface area contributed by atoms with E-state index in [0.29, 0.717) is 6.04 Å². The molecule has 0 heterocycles. The summed E-state index contributed by atoms with van der Waals surface area (Å²) in [6.07, 6.45) is 17.5. The molecule has 0 amide bonds. The molecule has 2 nitrogen and oxygen atoms in total. The molecular formula is C17H32N2. The number of nitrogens with one attached hydrogen (secondary N) is 1. The van der Waals surface area contributed by atoms with Crippen LogP contribution >= 0.6 is 0 Å². The van der Waals surface area contributed by atoms with Gasteiger partial charge in [0.2, 0.25) is 0 Å². The van der Waals surface area contributed by atoms with Crippen LogP contribution in [0.1, 0.15) is 77.0 Å². The number of hydrazine groups is 1. The largest absolute Gasteiger partial charge is 0.271 e. The molecule has 0 aromatic rings.